The predicted molar refractivity (Wildman–Crippen MR) is 90.2 cm³/mol. The molecule has 0 bridgehead atoms. The molecule has 6 nitrogen and oxygen atoms in total. The van der Waals surface area contributed by atoms with E-state index in [4.69, 9.17) is 8.60 Å². The third-order valence-electron chi connectivity index (χ3n) is 3.61. The lowest BCUT2D eigenvalue weighted by molar-refractivity contribution is 0.0638. The first-order chi connectivity index (χ1) is 11.3. The number of benzene rings is 1. The van der Waals surface area contributed by atoms with Crippen LogP contribution in [-0.4, -0.2) is 31.5 Å². The van der Waals surface area contributed by atoms with Crippen molar-refractivity contribution in [2.24, 2.45) is 0 Å². The van der Waals surface area contributed by atoms with E-state index in [0.717, 1.165) is 18.2 Å². The molecule has 1 amide bonds. The highest BCUT2D eigenvalue weighted by Crippen LogP contribution is 2.20. The van der Waals surface area contributed by atoms with Gasteiger partial charge in [0.2, 0.25) is 0 Å². The van der Waals surface area contributed by atoms with E-state index in [0.29, 0.717) is 6.54 Å². The zero-order chi connectivity index (χ0) is 17.7. The van der Waals surface area contributed by atoms with Crippen LogP contribution in [0.4, 0.5) is 0 Å². The van der Waals surface area contributed by atoms with E-state index in [-0.39, 0.29) is 23.5 Å². The van der Waals surface area contributed by atoms with Gasteiger partial charge in [0, 0.05) is 12.6 Å². The molecular weight excluding hydrogens is 330 g/mol. The van der Waals surface area contributed by atoms with Gasteiger partial charge in [-0.25, -0.2) is 0 Å². The summed E-state index contributed by atoms with van der Waals surface area (Å²) < 4.78 is 32.6. The Hall–Kier alpha value is -2.28. The van der Waals surface area contributed by atoms with Crippen molar-refractivity contribution in [3.63, 3.8) is 0 Å². The van der Waals surface area contributed by atoms with Gasteiger partial charge in [0.1, 0.15) is 5.75 Å². The number of carbonyl (C=O) groups excluding carboxylic acids is 1. The van der Waals surface area contributed by atoms with Crippen LogP contribution < -0.4 is 4.18 Å². The molecule has 0 aliphatic rings. The van der Waals surface area contributed by atoms with Crippen LogP contribution in [0.15, 0.2) is 47.1 Å². The summed E-state index contributed by atoms with van der Waals surface area (Å²) in [6, 6.07) is 9.99. The molecule has 1 aromatic carbocycles. The number of nitrogens with zero attached hydrogens (tertiary/aromatic N) is 1. The van der Waals surface area contributed by atoms with Gasteiger partial charge in [0.15, 0.2) is 5.76 Å². The first kappa shape index (κ1) is 18.1. The minimum Gasteiger partial charge on any atom is -0.459 e. The fourth-order valence-electron chi connectivity index (χ4n) is 2.26. The largest absolute Gasteiger partial charge is 0.459 e. The number of rotatable bonds is 7. The fourth-order valence-corrected chi connectivity index (χ4v) is 2.71. The van der Waals surface area contributed by atoms with Crippen LogP contribution in [0, 0.1) is 0 Å². The van der Waals surface area contributed by atoms with Crippen molar-refractivity contribution in [2.45, 2.75) is 32.9 Å². The molecule has 0 spiro atoms. The zero-order valence-electron chi connectivity index (χ0n) is 13.9. The topological polar surface area (TPSA) is 76.8 Å². The summed E-state index contributed by atoms with van der Waals surface area (Å²) in [7, 11) is -3.59. The van der Waals surface area contributed by atoms with Gasteiger partial charge in [0.25, 0.3) is 5.91 Å². The molecule has 7 heteroatoms. The van der Waals surface area contributed by atoms with Gasteiger partial charge in [-0.1, -0.05) is 19.1 Å². The molecule has 2 rings (SSSR count). The number of hydrogen-bond acceptors (Lipinski definition) is 5. The van der Waals surface area contributed by atoms with Crippen LogP contribution >= 0.6 is 0 Å². The summed E-state index contributed by atoms with van der Waals surface area (Å²) >= 11 is 0. The van der Waals surface area contributed by atoms with Crippen molar-refractivity contribution in [3.05, 3.63) is 54.0 Å². The molecule has 0 fully saturated rings. The SMILES string of the molecule is CC[C@@H](C)N(Cc1cccc(OS(C)(=O)=O)c1)C(=O)c1ccco1. The third kappa shape index (κ3) is 4.86. The molecule has 1 aromatic heterocycles. The maximum atomic E-state index is 12.6. The van der Waals surface area contributed by atoms with Gasteiger partial charge in [-0.2, -0.15) is 8.42 Å². The van der Waals surface area contributed by atoms with Crippen LogP contribution in [-0.2, 0) is 16.7 Å². The highest BCUT2D eigenvalue weighted by atomic mass is 32.2. The van der Waals surface area contributed by atoms with Gasteiger partial charge in [-0.05, 0) is 43.2 Å². The van der Waals surface area contributed by atoms with Crippen molar-refractivity contribution < 1.29 is 21.8 Å². The van der Waals surface area contributed by atoms with E-state index in [1.165, 1.54) is 6.26 Å². The molecular formula is C17H21NO5S. The number of amides is 1. The molecule has 2 aromatic rings. The Morgan fingerprint density at radius 1 is 1.29 bits per heavy atom. The van der Waals surface area contributed by atoms with Crippen LogP contribution in [0.25, 0.3) is 0 Å². The summed E-state index contributed by atoms with van der Waals surface area (Å²) in [6.45, 7) is 4.28. The molecule has 0 radical (unpaired) electrons. The Bertz CT molecular complexity index is 783. The van der Waals surface area contributed by atoms with Crippen molar-refractivity contribution >= 4 is 16.0 Å². The van der Waals surface area contributed by atoms with E-state index in [1.54, 1.807) is 35.2 Å². The predicted octanol–water partition coefficient (Wildman–Crippen LogP) is 3.06. The summed E-state index contributed by atoms with van der Waals surface area (Å²) in [5.41, 5.74) is 0.774. The lowest BCUT2D eigenvalue weighted by Crippen LogP contribution is -2.37. The Labute approximate surface area is 142 Å². The number of furan rings is 1. The van der Waals surface area contributed by atoms with Crippen molar-refractivity contribution in [1.29, 1.82) is 0 Å². The summed E-state index contributed by atoms with van der Waals surface area (Å²) in [4.78, 5) is 14.3. The van der Waals surface area contributed by atoms with Crippen LogP contribution in [0.1, 0.15) is 36.4 Å². The third-order valence-corrected chi connectivity index (χ3v) is 4.11. The normalized spacial score (nSPS) is 12.6. The highest BCUT2D eigenvalue weighted by Gasteiger charge is 2.23. The number of carbonyl (C=O) groups is 1. The van der Waals surface area contributed by atoms with Gasteiger partial charge in [-0.3, -0.25) is 4.79 Å². The van der Waals surface area contributed by atoms with E-state index in [9.17, 15) is 13.2 Å². The smallest absolute Gasteiger partial charge is 0.306 e. The van der Waals surface area contributed by atoms with E-state index < -0.39 is 10.1 Å². The lowest BCUT2D eigenvalue weighted by atomic mass is 10.1. The second-order valence-electron chi connectivity index (χ2n) is 5.60. The van der Waals surface area contributed by atoms with Gasteiger partial charge >= 0.3 is 10.1 Å². The highest BCUT2D eigenvalue weighted by molar-refractivity contribution is 7.86. The Morgan fingerprint density at radius 3 is 2.62 bits per heavy atom. The van der Waals surface area contributed by atoms with Gasteiger partial charge < -0.3 is 13.5 Å². The maximum absolute atomic E-state index is 12.6. The fraction of sp³-hybridized carbons (Fsp3) is 0.353. The summed E-state index contributed by atoms with van der Waals surface area (Å²) in [6.07, 6.45) is 3.24. The molecule has 0 saturated carbocycles. The van der Waals surface area contributed by atoms with Crippen molar-refractivity contribution in [2.75, 3.05) is 6.26 Å². The van der Waals surface area contributed by atoms with E-state index >= 15 is 0 Å². The minimum absolute atomic E-state index is 0.00193. The summed E-state index contributed by atoms with van der Waals surface area (Å²) in [5, 5.41) is 0. The second-order valence-corrected chi connectivity index (χ2v) is 7.18. The molecule has 0 saturated heterocycles. The average Bonchev–Trinajstić information content (AvgIpc) is 3.04. The molecule has 24 heavy (non-hydrogen) atoms. The molecule has 0 N–H and O–H groups in total. The average molecular weight is 351 g/mol. The van der Waals surface area contributed by atoms with Gasteiger partial charge in [0.05, 0.1) is 12.5 Å². The number of hydrogen-bond donors (Lipinski definition) is 0. The second kappa shape index (κ2) is 7.53. The quantitative estimate of drug-likeness (QED) is 0.717. The molecule has 0 aliphatic heterocycles. The molecule has 0 aliphatic carbocycles. The van der Waals surface area contributed by atoms with Crippen LogP contribution in [0.5, 0.6) is 5.75 Å². The first-order valence-corrected chi connectivity index (χ1v) is 9.44. The Balaban J connectivity index is 2.24. The van der Waals surface area contributed by atoms with E-state index in [1.807, 2.05) is 19.9 Å². The van der Waals surface area contributed by atoms with E-state index in [2.05, 4.69) is 0 Å². The molecule has 1 heterocycles. The molecule has 0 unspecified atom stereocenters. The molecule has 1 atom stereocenters. The zero-order valence-corrected chi connectivity index (χ0v) is 14.7. The first-order valence-electron chi connectivity index (χ1n) is 7.63. The summed E-state index contributed by atoms with van der Waals surface area (Å²) in [5.74, 6) is 0.298. The minimum atomic E-state index is -3.59. The van der Waals surface area contributed by atoms with Crippen LogP contribution in [0.2, 0.25) is 0 Å². The maximum Gasteiger partial charge on any atom is 0.306 e. The van der Waals surface area contributed by atoms with Crippen LogP contribution in [0.3, 0.4) is 0 Å². The van der Waals surface area contributed by atoms with Crippen molar-refractivity contribution in [3.8, 4) is 5.75 Å². The monoisotopic (exact) mass is 351 g/mol. The van der Waals surface area contributed by atoms with Gasteiger partial charge in [-0.15, -0.1) is 0 Å². The Morgan fingerprint density at radius 2 is 2.04 bits per heavy atom. The standard InChI is InChI=1S/C17H21NO5S/c1-4-13(2)18(17(19)16-9-6-10-22-16)12-14-7-5-8-15(11-14)23-24(3,20)21/h5-11,13H,4,12H2,1-3H3/t13-/m1/s1. The van der Waals surface area contributed by atoms with Crippen molar-refractivity contribution in [1.82, 2.24) is 4.90 Å². The molecule has 130 valence electrons. The Kier molecular flexibility index (Phi) is 5.66. The lowest BCUT2D eigenvalue weighted by Gasteiger charge is -2.28.